The predicted molar refractivity (Wildman–Crippen MR) is 129 cm³/mol. The molecule has 3 fully saturated rings. The van der Waals surface area contributed by atoms with Crippen molar-refractivity contribution in [3.8, 4) is 0 Å². The van der Waals surface area contributed by atoms with Crippen LogP contribution >= 0.6 is 0 Å². The van der Waals surface area contributed by atoms with E-state index >= 15 is 0 Å². The van der Waals surface area contributed by atoms with E-state index in [4.69, 9.17) is 4.74 Å². The van der Waals surface area contributed by atoms with Crippen LogP contribution in [0.1, 0.15) is 92.9 Å². The van der Waals surface area contributed by atoms with Crippen molar-refractivity contribution in [3.63, 3.8) is 0 Å². The zero-order valence-corrected chi connectivity index (χ0v) is 21.2. The zero-order chi connectivity index (χ0) is 23.3. The molecule has 0 aromatic carbocycles. The topological polar surface area (TPSA) is 43.4 Å². The van der Waals surface area contributed by atoms with Crippen molar-refractivity contribution >= 4 is 11.8 Å². The summed E-state index contributed by atoms with van der Waals surface area (Å²) in [5, 5.41) is 0. The summed E-state index contributed by atoms with van der Waals surface area (Å²) in [6.07, 6.45) is 16.3. The Balaban J connectivity index is 1.51. The highest BCUT2D eigenvalue weighted by molar-refractivity contribution is 5.91. The van der Waals surface area contributed by atoms with Gasteiger partial charge >= 0.3 is 5.97 Å². The van der Waals surface area contributed by atoms with Gasteiger partial charge in [-0.05, 0) is 91.4 Å². The summed E-state index contributed by atoms with van der Waals surface area (Å²) in [6, 6.07) is 0. The average Bonchev–Trinajstić information content (AvgIpc) is 3.08. The molecule has 0 spiro atoms. The van der Waals surface area contributed by atoms with Gasteiger partial charge in [0.2, 0.25) is 0 Å². The van der Waals surface area contributed by atoms with Crippen molar-refractivity contribution in [3.05, 3.63) is 23.8 Å². The molecule has 4 aliphatic carbocycles. The van der Waals surface area contributed by atoms with Gasteiger partial charge in [-0.25, -0.2) is 0 Å². The lowest BCUT2D eigenvalue weighted by Gasteiger charge is -2.58. The largest absolute Gasteiger partial charge is 0.462 e. The maximum atomic E-state index is 12.1. The van der Waals surface area contributed by atoms with Crippen LogP contribution in [-0.2, 0) is 14.3 Å². The normalized spacial score (nSPS) is 42.1. The number of hydrogen-bond donors (Lipinski definition) is 0. The van der Waals surface area contributed by atoms with E-state index in [0.717, 1.165) is 37.0 Å². The fourth-order valence-corrected chi connectivity index (χ4v) is 8.44. The lowest BCUT2D eigenvalue weighted by atomic mass is 9.47. The smallest absolute Gasteiger partial charge is 0.302 e. The Morgan fingerprint density at radius 3 is 2.50 bits per heavy atom. The number of esters is 1. The number of rotatable bonds is 5. The molecule has 0 radical (unpaired) electrons. The lowest BCUT2D eigenvalue weighted by molar-refractivity contribution is -0.148. The molecule has 0 aliphatic heterocycles. The van der Waals surface area contributed by atoms with Gasteiger partial charge in [-0.2, -0.15) is 0 Å². The van der Waals surface area contributed by atoms with Crippen LogP contribution in [0.25, 0.3) is 0 Å². The molecule has 3 heteroatoms. The molecule has 4 aliphatic rings. The quantitative estimate of drug-likeness (QED) is 0.265. The van der Waals surface area contributed by atoms with Gasteiger partial charge < -0.3 is 4.74 Å². The third kappa shape index (κ3) is 4.03. The van der Waals surface area contributed by atoms with E-state index in [1.165, 1.54) is 39.0 Å². The van der Waals surface area contributed by atoms with Crippen molar-refractivity contribution in [2.75, 3.05) is 0 Å². The molecule has 178 valence electrons. The summed E-state index contributed by atoms with van der Waals surface area (Å²) in [7, 11) is 0. The summed E-state index contributed by atoms with van der Waals surface area (Å²) in [4.78, 5) is 23.6. The van der Waals surface area contributed by atoms with E-state index in [1.54, 1.807) is 5.57 Å². The van der Waals surface area contributed by atoms with E-state index in [-0.39, 0.29) is 29.2 Å². The first-order valence-corrected chi connectivity index (χ1v) is 13.1. The Hall–Kier alpha value is -1.38. The van der Waals surface area contributed by atoms with Crippen molar-refractivity contribution in [2.24, 2.45) is 46.3 Å². The first-order valence-electron chi connectivity index (χ1n) is 13.1. The number of allylic oxidation sites excluding steroid dienone is 3. The minimum atomic E-state index is -0.142. The molecular weight excluding hydrogens is 396 g/mol. The Bertz CT molecular complexity index is 807. The molecule has 0 aromatic heterocycles. The number of ketones is 1. The third-order valence-electron chi connectivity index (χ3n) is 10.2. The fraction of sp³-hybridized carbons (Fsp3) is 0.793. The van der Waals surface area contributed by atoms with E-state index in [1.807, 2.05) is 19.9 Å². The highest BCUT2D eigenvalue weighted by Crippen LogP contribution is 2.67. The third-order valence-corrected chi connectivity index (χ3v) is 10.2. The number of ether oxygens (including phenoxy) is 1. The second kappa shape index (κ2) is 8.76. The van der Waals surface area contributed by atoms with Crippen LogP contribution in [0.2, 0.25) is 0 Å². The molecule has 4 rings (SSSR count). The summed E-state index contributed by atoms with van der Waals surface area (Å²) < 4.78 is 5.59. The van der Waals surface area contributed by atoms with Crippen LogP contribution in [0.15, 0.2) is 23.8 Å². The van der Waals surface area contributed by atoms with Crippen LogP contribution in [0.3, 0.4) is 0 Å². The summed E-state index contributed by atoms with van der Waals surface area (Å²) in [5.74, 6) is 3.69. The molecule has 0 N–H and O–H groups in total. The van der Waals surface area contributed by atoms with Gasteiger partial charge in [-0.3, -0.25) is 9.59 Å². The number of fused-ring (bicyclic) bond motifs is 5. The molecule has 0 saturated heterocycles. The molecule has 0 amide bonds. The van der Waals surface area contributed by atoms with Crippen molar-refractivity contribution in [1.82, 2.24) is 0 Å². The van der Waals surface area contributed by atoms with E-state index in [2.05, 4.69) is 32.9 Å². The predicted octanol–water partition coefficient (Wildman–Crippen LogP) is 6.91. The minimum Gasteiger partial charge on any atom is -0.462 e. The second-order valence-corrected chi connectivity index (χ2v) is 12.2. The van der Waals surface area contributed by atoms with Crippen LogP contribution in [-0.4, -0.2) is 17.9 Å². The second-order valence-electron chi connectivity index (χ2n) is 12.2. The first kappa shape index (κ1) is 23.8. The lowest BCUT2D eigenvalue weighted by Crippen LogP contribution is -2.51. The Kier molecular flexibility index (Phi) is 6.51. The van der Waals surface area contributed by atoms with Gasteiger partial charge in [0.15, 0.2) is 5.78 Å². The molecule has 0 bridgehead atoms. The van der Waals surface area contributed by atoms with Crippen LogP contribution in [0, 0.1) is 46.3 Å². The number of hydrogen-bond acceptors (Lipinski definition) is 3. The molecular formula is C29H44O3. The zero-order valence-electron chi connectivity index (χ0n) is 21.2. The highest BCUT2D eigenvalue weighted by atomic mass is 16.5. The Morgan fingerprint density at radius 2 is 1.81 bits per heavy atom. The number of carbonyl (C=O) groups excluding carboxylic acids is 2. The standard InChI is InChI=1S/C29H44O3/c1-18(2)27(31)12-7-19(3)24-10-11-25-23-9-8-21-17-22(32-20(4)30)13-15-28(21,5)26(23)14-16-29(24,25)6/h7-8,12,18-19,22-26H,9-11,13-17H2,1-6H3/b12-7+/t19-,22+,23+,24-,25+,26+,28+,29-/m1/s1. The van der Waals surface area contributed by atoms with Gasteiger partial charge in [0.25, 0.3) is 0 Å². The van der Waals surface area contributed by atoms with Gasteiger partial charge in [-0.1, -0.05) is 52.3 Å². The first-order chi connectivity index (χ1) is 15.1. The molecule has 8 atom stereocenters. The average molecular weight is 441 g/mol. The minimum absolute atomic E-state index is 0.0780. The van der Waals surface area contributed by atoms with Gasteiger partial charge in [0, 0.05) is 19.3 Å². The summed E-state index contributed by atoms with van der Waals surface area (Å²) >= 11 is 0. The highest BCUT2D eigenvalue weighted by Gasteiger charge is 2.59. The molecule has 0 aromatic rings. The maximum absolute atomic E-state index is 12.1. The van der Waals surface area contributed by atoms with E-state index in [0.29, 0.717) is 17.3 Å². The Labute approximate surface area is 195 Å². The maximum Gasteiger partial charge on any atom is 0.302 e. The van der Waals surface area contributed by atoms with Crippen LogP contribution in [0.4, 0.5) is 0 Å². The van der Waals surface area contributed by atoms with Crippen molar-refractivity contribution in [2.45, 2.75) is 99.0 Å². The van der Waals surface area contributed by atoms with Gasteiger partial charge in [0.1, 0.15) is 6.10 Å². The fourth-order valence-electron chi connectivity index (χ4n) is 8.44. The van der Waals surface area contributed by atoms with Crippen molar-refractivity contribution in [1.29, 1.82) is 0 Å². The molecule has 3 nitrogen and oxygen atoms in total. The molecule has 0 heterocycles. The summed E-state index contributed by atoms with van der Waals surface area (Å²) in [5.41, 5.74) is 2.24. The summed E-state index contributed by atoms with van der Waals surface area (Å²) in [6.45, 7) is 12.9. The van der Waals surface area contributed by atoms with Crippen LogP contribution in [0.5, 0.6) is 0 Å². The van der Waals surface area contributed by atoms with Crippen LogP contribution < -0.4 is 0 Å². The monoisotopic (exact) mass is 440 g/mol. The molecule has 0 unspecified atom stereocenters. The van der Waals surface area contributed by atoms with Gasteiger partial charge in [0.05, 0.1) is 0 Å². The van der Waals surface area contributed by atoms with E-state index < -0.39 is 0 Å². The molecule has 32 heavy (non-hydrogen) atoms. The van der Waals surface area contributed by atoms with Gasteiger partial charge in [-0.15, -0.1) is 0 Å². The SMILES string of the molecule is CC(=O)O[C@H]1CC[C@@]2(C)C(=CC[C@H]3[C@@H]4CC[C@H]([C@H](C)/C=C/C(=O)C(C)C)[C@@]4(C)CC[C@@H]32)C1. The van der Waals surface area contributed by atoms with Crippen molar-refractivity contribution < 1.29 is 14.3 Å². The van der Waals surface area contributed by atoms with E-state index in [9.17, 15) is 9.59 Å². The number of carbonyl (C=O) groups is 2. The molecule has 3 saturated carbocycles. The Morgan fingerprint density at radius 1 is 1.06 bits per heavy atom.